The van der Waals surface area contributed by atoms with Gasteiger partial charge in [-0.25, -0.2) is 0 Å². The Balaban J connectivity index is 0.00000338. The van der Waals surface area contributed by atoms with Gasteiger partial charge < -0.3 is 20.8 Å². The Labute approximate surface area is 163 Å². The molecule has 8 heteroatoms. The third-order valence-corrected chi connectivity index (χ3v) is 3.84. The number of rotatable bonds is 9. The standard InChI is InChI=1S/C18H22ClN3O3.ClH/c19-13-8-9-14(21-17(23)7-3-1-2-4-10-20)15(12-13)22-18(24)16-6-5-11-25-16;/h5-6,8-9,11-12H,1-4,7,10,20H2,(H,21,23)(H,22,24);1H. The molecule has 6 nitrogen and oxygen atoms in total. The van der Waals surface area contributed by atoms with Crippen LogP contribution in [0.3, 0.4) is 0 Å². The van der Waals surface area contributed by atoms with Gasteiger partial charge in [0.1, 0.15) is 0 Å². The summed E-state index contributed by atoms with van der Waals surface area (Å²) in [7, 11) is 0. The van der Waals surface area contributed by atoms with Crippen molar-refractivity contribution in [1.29, 1.82) is 0 Å². The second-order valence-corrected chi connectivity index (χ2v) is 6.06. The predicted octanol–water partition coefficient (Wildman–Crippen LogP) is 4.45. The lowest BCUT2D eigenvalue weighted by Crippen LogP contribution is -2.16. The summed E-state index contributed by atoms with van der Waals surface area (Å²) in [5.74, 6) is -0.342. The molecule has 142 valence electrons. The average molecular weight is 400 g/mol. The smallest absolute Gasteiger partial charge is 0.291 e. The van der Waals surface area contributed by atoms with E-state index in [0.29, 0.717) is 29.4 Å². The van der Waals surface area contributed by atoms with Crippen molar-refractivity contribution in [2.45, 2.75) is 32.1 Å². The van der Waals surface area contributed by atoms with Crippen LogP contribution in [0.2, 0.25) is 5.02 Å². The Bertz CT molecular complexity index is 706. The van der Waals surface area contributed by atoms with Crippen molar-refractivity contribution in [3.05, 3.63) is 47.4 Å². The molecule has 2 rings (SSSR count). The van der Waals surface area contributed by atoms with E-state index in [9.17, 15) is 9.59 Å². The van der Waals surface area contributed by atoms with E-state index in [2.05, 4.69) is 10.6 Å². The fraction of sp³-hybridized carbons (Fsp3) is 0.333. The highest BCUT2D eigenvalue weighted by atomic mass is 35.5. The molecule has 2 amide bonds. The topological polar surface area (TPSA) is 97.4 Å². The molecule has 0 aliphatic rings. The molecule has 0 atom stereocenters. The molecule has 0 radical (unpaired) electrons. The number of anilines is 2. The quantitative estimate of drug-likeness (QED) is 0.542. The molecule has 0 aliphatic carbocycles. The van der Waals surface area contributed by atoms with Gasteiger partial charge in [0.25, 0.3) is 5.91 Å². The average Bonchev–Trinajstić information content (AvgIpc) is 3.12. The van der Waals surface area contributed by atoms with Crippen molar-refractivity contribution in [3.8, 4) is 0 Å². The van der Waals surface area contributed by atoms with Crippen LogP contribution >= 0.6 is 24.0 Å². The highest BCUT2D eigenvalue weighted by Crippen LogP contribution is 2.26. The maximum absolute atomic E-state index is 12.1. The molecule has 0 aliphatic heterocycles. The molecule has 1 aromatic carbocycles. The van der Waals surface area contributed by atoms with Crippen LogP contribution in [0.25, 0.3) is 0 Å². The number of nitrogens with one attached hydrogen (secondary N) is 2. The highest BCUT2D eigenvalue weighted by Gasteiger charge is 2.13. The minimum atomic E-state index is -0.412. The Morgan fingerprint density at radius 2 is 1.81 bits per heavy atom. The van der Waals surface area contributed by atoms with Crippen LogP contribution in [0.15, 0.2) is 41.0 Å². The van der Waals surface area contributed by atoms with E-state index in [0.717, 1.165) is 25.7 Å². The molecule has 1 aromatic heterocycles. The maximum Gasteiger partial charge on any atom is 0.291 e. The van der Waals surface area contributed by atoms with Crippen molar-refractivity contribution >= 4 is 47.2 Å². The molecule has 0 bridgehead atoms. The summed E-state index contributed by atoms with van der Waals surface area (Å²) in [5.41, 5.74) is 6.36. The molecular formula is C18H23Cl2N3O3. The van der Waals surface area contributed by atoms with E-state index in [1.807, 2.05) is 0 Å². The van der Waals surface area contributed by atoms with Gasteiger partial charge in [0.05, 0.1) is 17.6 Å². The largest absolute Gasteiger partial charge is 0.459 e. The SMILES string of the molecule is Cl.NCCCCCCC(=O)Nc1ccc(Cl)cc1NC(=O)c1ccco1. The fourth-order valence-corrected chi connectivity index (χ4v) is 2.49. The minimum Gasteiger partial charge on any atom is -0.459 e. The molecule has 0 saturated heterocycles. The number of carbonyl (C=O) groups is 2. The number of nitrogens with two attached hydrogens (primary N) is 1. The van der Waals surface area contributed by atoms with Gasteiger partial charge in [0.15, 0.2) is 5.76 Å². The number of halogens is 2. The van der Waals surface area contributed by atoms with E-state index in [-0.39, 0.29) is 24.1 Å². The van der Waals surface area contributed by atoms with Crippen molar-refractivity contribution in [1.82, 2.24) is 0 Å². The van der Waals surface area contributed by atoms with Crippen LogP contribution < -0.4 is 16.4 Å². The van der Waals surface area contributed by atoms with Crippen molar-refractivity contribution < 1.29 is 14.0 Å². The third kappa shape index (κ3) is 7.07. The minimum absolute atomic E-state index is 0. The summed E-state index contributed by atoms with van der Waals surface area (Å²) in [6.45, 7) is 0.676. The molecule has 0 saturated carbocycles. The third-order valence-electron chi connectivity index (χ3n) is 3.61. The molecule has 0 spiro atoms. The Kier molecular flexibility index (Phi) is 9.80. The lowest BCUT2D eigenvalue weighted by molar-refractivity contribution is -0.116. The van der Waals surface area contributed by atoms with Crippen LogP contribution in [-0.2, 0) is 4.79 Å². The van der Waals surface area contributed by atoms with Gasteiger partial charge in [-0.3, -0.25) is 9.59 Å². The zero-order valence-corrected chi connectivity index (χ0v) is 15.9. The zero-order valence-electron chi connectivity index (χ0n) is 14.3. The van der Waals surface area contributed by atoms with Crippen LogP contribution in [0.1, 0.15) is 42.7 Å². The number of benzene rings is 1. The normalized spacial score (nSPS) is 10.1. The zero-order chi connectivity index (χ0) is 18.1. The molecule has 0 unspecified atom stereocenters. The summed E-state index contributed by atoms with van der Waals surface area (Å²) in [6.07, 6.45) is 5.59. The molecule has 2 aromatic rings. The highest BCUT2D eigenvalue weighted by molar-refractivity contribution is 6.31. The van der Waals surface area contributed by atoms with Crippen LogP contribution in [0, 0.1) is 0 Å². The first-order valence-corrected chi connectivity index (χ1v) is 8.62. The number of hydrogen-bond donors (Lipinski definition) is 3. The maximum atomic E-state index is 12.1. The van der Waals surface area contributed by atoms with Crippen LogP contribution in [-0.4, -0.2) is 18.4 Å². The van der Waals surface area contributed by atoms with Gasteiger partial charge >= 0.3 is 0 Å². The molecule has 0 fully saturated rings. The summed E-state index contributed by atoms with van der Waals surface area (Å²) < 4.78 is 5.06. The summed E-state index contributed by atoms with van der Waals surface area (Å²) in [6, 6.07) is 8.08. The lowest BCUT2D eigenvalue weighted by atomic mass is 10.1. The Hall–Kier alpha value is -2.02. The van der Waals surface area contributed by atoms with Gasteiger partial charge in [-0.15, -0.1) is 12.4 Å². The van der Waals surface area contributed by atoms with Gasteiger partial charge in [-0.1, -0.05) is 24.4 Å². The Morgan fingerprint density at radius 1 is 1.04 bits per heavy atom. The van der Waals surface area contributed by atoms with E-state index < -0.39 is 5.91 Å². The number of unbranched alkanes of at least 4 members (excludes halogenated alkanes) is 3. The summed E-state index contributed by atoms with van der Waals surface area (Å²) >= 11 is 6.00. The second kappa shape index (κ2) is 11.6. The van der Waals surface area contributed by atoms with Gasteiger partial charge in [0.2, 0.25) is 5.91 Å². The van der Waals surface area contributed by atoms with Crippen molar-refractivity contribution in [3.63, 3.8) is 0 Å². The fourth-order valence-electron chi connectivity index (χ4n) is 2.32. The first-order chi connectivity index (χ1) is 12.1. The van der Waals surface area contributed by atoms with Crippen LogP contribution in [0.5, 0.6) is 0 Å². The summed E-state index contributed by atoms with van der Waals surface area (Å²) in [5, 5.41) is 5.96. The van der Waals surface area contributed by atoms with Gasteiger partial charge in [-0.2, -0.15) is 0 Å². The van der Waals surface area contributed by atoms with Crippen molar-refractivity contribution in [2.75, 3.05) is 17.2 Å². The monoisotopic (exact) mass is 399 g/mol. The van der Waals surface area contributed by atoms with Gasteiger partial charge in [-0.05, 0) is 49.7 Å². The first kappa shape index (κ1) is 22.0. The molecule has 4 N–H and O–H groups in total. The van der Waals surface area contributed by atoms with E-state index in [1.165, 1.54) is 6.26 Å². The van der Waals surface area contributed by atoms with E-state index in [4.69, 9.17) is 21.8 Å². The first-order valence-electron chi connectivity index (χ1n) is 8.24. The number of hydrogen-bond acceptors (Lipinski definition) is 4. The predicted molar refractivity (Wildman–Crippen MR) is 106 cm³/mol. The van der Waals surface area contributed by atoms with E-state index in [1.54, 1.807) is 30.3 Å². The van der Waals surface area contributed by atoms with Gasteiger partial charge in [0, 0.05) is 11.4 Å². The number of amides is 2. The number of carbonyl (C=O) groups excluding carboxylic acids is 2. The van der Waals surface area contributed by atoms with Crippen LogP contribution in [0.4, 0.5) is 11.4 Å². The summed E-state index contributed by atoms with van der Waals surface area (Å²) in [4.78, 5) is 24.2. The molecule has 1 heterocycles. The van der Waals surface area contributed by atoms with E-state index >= 15 is 0 Å². The molecule has 26 heavy (non-hydrogen) atoms. The molecular weight excluding hydrogens is 377 g/mol. The second-order valence-electron chi connectivity index (χ2n) is 5.62. The number of furan rings is 1. The lowest BCUT2D eigenvalue weighted by Gasteiger charge is -2.12. The Morgan fingerprint density at radius 3 is 2.50 bits per heavy atom. The van der Waals surface area contributed by atoms with Crippen molar-refractivity contribution in [2.24, 2.45) is 5.73 Å².